The van der Waals surface area contributed by atoms with Crippen molar-refractivity contribution in [2.75, 3.05) is 7.11 Å². The first-order valence-electron chi connectivity index (χ1n) is 7.91. The first kappa shape index (κ1) is 19.1. The van der Waals surface area contributed by atoms with Crippen LogP contribution >= 0.6 is 0 Å². The molecule has 5 nitrogen and oxygen atoms in total. The molecule has 0 amide bonds. The molecule has 0 saturated carbocycles. The van der Waals surface area contributed by atoms with Gasteiger partial charge in [-0.3, -0.25) is 0 Å². The highest BCUT2D eigenvalue weighted by molar-refractivity contribution is 7.89. The minimum absolute atomic E-state index is 0.217. The van der Waals surface area contributed by atoms with Gasteiger partial charge in [0.15, 0.2) is 0 Å². The normalized spacial score (nSPS) is 12.7. The second-order valence-electron chi connectivity index (χ2n) is 6.08. The highest BCUT2D eigenvalue weighted by Crippen LogP contribution is 2.27. The van der Waals surface area contributed by atoms with Gasteiger partial charge in [0.05, 0.1) is 12.0 Å². The molecule has 0 aliphatic carbocycles. The Kier molecular flexibility index (Phi) is 5.65. The van der Waals surface area contributed by atoms with Crippen LogP contribution in [-0.4, -0.2) is 21.5 Å². The van der Waals surface area contributed by atoms with Crippen molar-refractivity contribution in [3.05, 3.63) is 64.2 Å². The molecule has 0 bridgehead atoms. The third-order valence-electron chi connectivity index (χ3n) is 4.41. The Balaban J connectivity index is 2.55. The fraction of sp³-hybridized carbons (Fsp3) is 0.316. The predicted octanol–water partition coefficient (Wildman–Crippen LogP) is 3.11. The van der Waals surface area contributed by atoms with E-state index in [1.54, 1.807) is 44.2 Å². The third kappa shape index (κ3) is 3.91. The van der Waals surface area contributed by atoms with E-state index in [4.69, 9.17) is 4.74 Å². The minimum Gasteiger partial charge on any atom is -0.468 e. The number of rotatable bonds is 5. The molecule has 0 spiro atoms. The zero-order valence-corrected chi connectivity index (χ0v) is 15.9. The molecule has 1 atom stereocenters. The molecule has 0 aromatic heterocycles. The number of nitrogens with one attached hydrogen (secondary N) is 1. The van der Waals surface area contributed by atoms with E-state index in [0.29, 0.717) is 16.7 Å². The van der Waals surface area contributed by atoms with Gasteiger partial charge in [-0.25, -0.2) is 13.2 Å². The average Bonchev–Trinajstić information content (AvgIpc) is 2.58. The van der Waals surface area contributed by atoms with Crippen molar-refractivity contribution in [1.82, 2.24) is 4.72 Å². The Hall–Kier alpha value is -2.18. The summed E-state index contributed by atoms with van der Waals surface area (Å²) in [4.78, 5) is 12.4. The van der Waals surface area contributed by atoms with Crippen molar-refractivity contribution in [2.24, 2.45) is 0 Å². The zero-order valence-electron chi connectivity index (χ0n) is 15.1. The molecule has 0 radical (unpaired) electrons. The Morgan fingerprint density at radius 1 is 1.00 bits per heavy atom. The van der Waals surface area contributed by atoms with Gasteiger partial charge in [0.1, 0.15) is 6.04 Å². The van der Waals surface area contributed by atoms with Gasteiger partial charge in [-0.05, 0) is 55.5 Å². The number of ether oxygens (including phenoxy) is 1. The highest BCUT2D eigenvalue weighted by Gasteiger charge is 2.30. The Morgan fingerprint density at radius 2 is 1.52 bits per heavy atom. The van der Waals surface area contributed by atoms with Crippen LogP contribution in [0, 0.1) is 27.7 Å². The van der Waals surface area contributed by atoms with E-state index < -0.39 is 22.0 Å². The van der Waals surface area contributed by atoms with Gasteiger partial charge in [-0.15, -0.1) is 0 Å². The van der Waals surface area contributed by atoms with Crippen molar-refractivity contribution in [2.45, 2.75) is 38.6 Å². The monoisotopic (exact) mass is 361 g/mol. The smallest absolute Gasteiger partial charge is 0.328 e. The summed E-state index contributed by atoms with van der Waals surface area (Å²) in [7, 11) is -2.68. The van der Waals surface area contributed by atoms with Crippen LogP contribution in [0.2, 0.25) is 0 Å². The molecule has 0 unspecified atom stereocenters. The molecular formula is C19H23NO4S. The lowest BCUT2D eigenvalue weighted by Crippen LogP contribution is -2.35. The summed E-state index contributed by atoms with van der Waals surface area (Å²) in [6.07, 6.45) is 0. The fourth-order valence-corrected chi connectivity index (χ4v) is 4.60. The maximum Gasteiger partial charge on any atom is 0.328 e. The number of benzene rings is 2. The first-order chi connectivity index (χ1) is 11.7. The molecule has 0 fully saturated rings. The van der Waals surface area contributed by atoms with Gasteiger partial charge in [-0.2, -0.15) is 4.72 Å². The zero-order chi connectivity index (χ0) is 18.8. The van der Waals surface area contributed by atoms with Gasteiger partial charge >= 0.3 is 5.97 Å². The third-order valence-corrected chi connectivity index (χ3v) is 6.10. The average molecular weight is 361 g/mol. The van der Waals surface area contributed by atoms with E-state index in [1.807, 2.05) is 19.9 Å². The van der Waals surface area contributed by atoms with Crippen LogP contribution in [-0.2, 0) is 19.6 Å². The quantitative estimate of drug-likeness (QED) is 0.831. The topological polar surface area (TPSA) is 72.5 Å². The highest BCUT2D eigenvalue weighted by atomic mass is 32.2. The van der Waals surface area contributed by atoms with E-state index in [-0.39, 0.29) is 4.90 Å². The molecule has 0 saturated heterocycles. The van der Waals surface area contributed by atoms with E-state index in [2.05, 4.69) is 4.72 Å². The summed E-state index contributed by atoms with van der Waals surface area (Å²) in [6.45, 7) is 7.28. The van der Waals surface area contributed by atoms with Crippen molar-refractivity contribution in [3.63, 3.8) is 0 Å². The molecule has 0 heterocycles. The van der Waals surface area contributed by atoms with Crippen molar-refractivity contribution >= 4 is 16.0 Å². The van der Waals surface area contributed by atoms with Crippen LogP contribution in [0.3, 0.4) is 0 Å². The Labute approximate surface area is 149 Å². The number of methoxy groups -OCH3 is 1. The molecule has 2 rings (SSSR count). The van der Waals surface area contributed by atoms with E-state index >= 15 is 0 Å². The van der Waals surface area contributed by atoms with Gasteiger partial charge in [0.2, 0.25) is 10.0 Å². The van der Waals surface area contributed by atoms with Crippen LogP contribution in [0.1, 0.15) is 33.9 Å². The van der Waals surface area contributed by atoms with E-state index in [1.165, 1.54) is 7.11 Å². The van der Waals surface area contributed by atoms with Crippen LogP contribution in [0.4, 0.5) is 0 Å². The number of carbonyl (C=O) groups is 1. The summed E-state index contributed by atoms with van der Waals surface area (Å²) < 4.78 is 33.4. The van der Waals surface area contributed by atoms with Crippen molar-refractivity contribution < 1.29 is 17.9 Å². The van der Waals surface area contributed by atoms with Crippen molar-refractivity contribution in [1.29, 1.82) is 0 Å². The number of carbonyl (C=O) groups excluding carboxylic acids is 1. The van der Waals surface area contributed by atoms with E-state index in [0.717, 1.165) is 11.1 Å². The molecule has 25 heavy (non-hydrogen) atoms. The van der Waals surface area contributed by atoms with Crippen LogP contribution in [0.25, 0.3) is 0 Å². The largest absolute Gasteiger partial charge is 0.468 e. The van der Waals surface area contributed by atoms with E-state index in [9.17, 15) is 13.2 Å². The number of hydrogen-bond acceptors (Lipinski definition) is 4. The molecule has 0 aliphatic rings. The second kappa shape index (κ2) is 7.37. The molecule has 2 aromatic rings. The lowest BCUT2D eigenvalue weighted by atomic mass is 10.0. The standard InChI is InChI=1S/C19H23NO4S/c1-12-11-13(2)15(4)18(14(12)3)25(22,23)20-17(19(21)24-5)16-9-7-6-8-10-16/h6-11,17,20H,1-5H3/t17-/m1/s1. The van der Waals surface area contributed by atoms with Crippen LogP contribution in [0.5, 0.6) is 0 Å². The SMILES string of the molecule is COC(=O)[C@H](NS(=O)(=O)c1c(C)c(C)cc(C)c1C)c1ccccc1. The maximum atomic E-state index is 13.1. The Morgan fingerprint density at radius 3 is 2.00 bits per heavy atom. The predicted molar refractivity (Wildman–Crippen MR) is 96.9 cm³/mol. The number of hydrogen-bond donors (Lipinski definition) is 1. The van der Waals surface area contributed by atoms with Gasteiger partial charge in [0.25, 0.3) is 0 Å². The van der Waals surface area contributed by atoms with Crippen molar-refractivity contribution in [3.8, 4) is 0 Å². The van der Waals surface area contributed by atoms with Gasteiger partial charge in [-0.1, -0.05) is 36.4 Å². The van der Waals surface area contributed by atoms with Gasteiger partial charge in [0, 0.05) is 0 Å². The molecule has 0 aliphatic heterocycles. The Bertz CT molecular complexity index is 863. The number of esters is 1. The molecule has 2 aromatic carbocycles. The van der Waals surface area contributed by atoms with Crippen LogP contribution < -0.4 is 4.72 Å². The van der Waals surface area contributed by atoms with Crippen LogP contribution in [0.15, 0.2) is 41.3 Å². The molecule has 134 valence electrons. The summed E-state index contributed by atoms with van der Waals surface area (Å²) in [5, 5.41) is 0. The summed E-state index contributed by atoms with van der Waals surface area (Å²) in [6, 6.07) is 9.51. The first-order valence-corrected chi connectivity index (χ1v) is 9.40. The minimum atomic E-state index is -3.92. The van der Waals surface area contributed by atoms with Gasteiger partial charge < -0.3 is 4.74 Å². The summed E-state index contributed by atoms with van der Waals surface area (Å²) in [5.74, 6) is -0.658. The lowest BCUT2D eigenvalue weighted by Gasteiger charge is -2.20. The molecular weight excluding hydrogens is 338 g/mol. The summed E-state index contributed by atoms with van der Waals surface area (Å²) in [5.41, 5.74) is 3.65. The fourth-order valence-electron chi connectivity index (χ4n) is 2.81. The molecule has 1 N–H and O–H groups in total. The maximum absolute atomic E-state index is 13.1. The number of sulfonamides is 1. The summed E-state index contributed by atoms with van der Waals surface area (Å²) >= 11 is 0. The molecule has 6 heteroatoms. The number of aryl methyl sites for hydroxylation is 2. The lowest BCUT2D eigenvalue weighted by molar-refractivity contribution is -0.142. The second-order valence-corrected chi connectivity index (χ2v) is 7.73.